The minimum Gasteiger partial charge on any atom is -0.491 e. The van der Waals surface area contributed by atoms with Gasteiger partial charge in [-0.3, -0.25) is 0 Å². The second-order valence-corrected chi connectivity index (χ2v) is 10.9. The van der Waals surface area contributed by atoms with Gasteiger partial charge >= 0.3 is 0 Å². The number of halogens is 2. The first-order valence-electron chi connectivity index (χ1n) is 13.9. The maximum atomic E-state index is 14.7. The SMILES string of the molecule is C/C=C/CCC1CCC(C2CCC(C3CCC(c4ccc(OCC)c(F)c4F)CC3)CC2)CO1. The Morgan fingerprint density at radius 1 is 0.853 bits per heavy atom. The number of ether oxygens (including phenoxy) is 2. The Labute approximate surface area is 205 Å². The molecule has 2 aliphatic carbocycles. The van der Waals surface area contributed by atoms with Crippen molar-refractivity contribution in [3.63, 3.8) is 0 Å². The van der Waals surface area contributed by atoms with E-state index >= 15 is 0 Å². The zero-order valence-electron chi connectivity index (χ0n) is 21.2. The van der Waals surface area contributed by atoms with Crippen molar-refractivity contribution in [1.82, 2.24) is 0 Å². The predicted molar refractivity (Wildman–Crippen MR) is 134 cm³/mol. The molecule has 2 nitrogen and oxygen atoms in total. The van der Waals surface area contributed by atoms with Crippen LogP contribution in [-0.4, -0.2) is 19.3 Å². The maximum Gasteiger partial charge on any atom is 0.200 e. The van der Waals surface area contributed by atoms with Crippen molar-refractivity contribution < 1.29 is 18.3 Å². The molecule has 34 heavy (non-hydrogen) atoms. The zero-order chi connectivity index (χ0) is 23.9. The molecule has 2 unspecified atom stereocenters. The molecule has 2 saturated carbocycles. The van der Waals surface area contributed by atoms with Gasteiger partial charge in [-0.05, 0) is 132 Å². The van der Waals surface area contributed by atoms with Crippen LogP contribution in [0.15, 0.2) is 24.3 Å². The molecule has 0 amide bonds. The fourth-order valence-electron chi connectivity index (χ4n) is 6.99. The van der Waals surface area contributed by atoms with E-state index < -0.39 is 11.6 Å². The molecule has 0 radical (unpaired) electrons. The highest BCUT2D eigenvalue weighted by Crippen LogP contribution is 2.46. The monoisotopic (exact) mass is 474 g/mol. The van der Waals surface area contributed by atoms with Crippen LogP contribution in [0, 0.1) is 35.3 Å². The Kier molecular flexibility index (Phi) is 9.45. The number of rotatable bonds is 8. The first-order chi connectivity index (χ1) is 16.6. The first-order valence-corrected chi connectivity index (χ1v) is 13.9. The van der Waals surface area contributed by atoms with Crippen molar-refractivity contribution >= 4 is 0 Å². The van der Waals surface area contributed by atoms with E-state index in [0.29, 0.717) is 18.3 Å². The average Bonchev–Trinajstić information content (AvgIpc) is 2.88. The van der Waals surface area contributed by atoms with E-state index in [1.165, 1.54) is 44.9 Å². The highest BCUT2D eigenvalue weighted by atomic mass is 19.2. The molecule has 3 aliphatic rings. The zero-order valence-corrected chi connectivity index (χ0v) is 21.2. The van der Waals surface area contributed by atoms with E-state index in [-0.39, 0.29) is 11.7 Å². The summed E-state index contributed by atoms with van der Waals surface area (Å²) in [6, 6.07) is 3.35. The highest BCUT2D eigenvalue weighted by molar-refractivity contribution is 5.33. The lowest BCUT2D eigenvalue weighted by Crippen LogP contribution is -2.33. The van der Waals surface area contributed by atoms with Crippen LogP contribution in [0.5, 0.6) is 5.75 Å². The van der Waals surface area contributed by atoms with Crippen LogP contribution < -0.4 is 4.74 Å². The summed E-state index contributed by atoms with van der Waals surface area (Å²) in [5.74, 6) is 1.81. The van der Waals surface area contributed by atoms with E-state index in [0.717, 1.165) is 62.4 Å². The molecule has 1 heterocycles. The average molecular weight is 475 g/mol. The summed E-state index contributed by atoms with van der Waals surface area (Å²) in [6.07, 6.45) is 19.3. The van der Waals surface area contributed by atoms with Crippen LogP contribution in [0.2, 0.25) is 0 Å². The van der Waals surface area contributed by atoms with Crippen LogP contribution in [0.1, 0.15) is 102 Å². The largest absolute Gasteiger partial charge is 0.491 e. The lowest BCUT2D eigenvalue weighted by Gasteiger charge is -2.41. The number of benzene rings is 1. The van der Waals surface area contributed by atoms with Crippen molar-refractivity contribution in [2.75, 3.05) is 13.2 Å². The van der Waals surface area contributed by atoms with Crippen LogP contribution in [-0.2, 0) is 4.74 Å². The van der Waals surface area contributed by atoms with Gasteiger partial charge in [0.15, 0.2) is 11.6 Å². The van der Waals surface area contributed by atoms with Gasteiger partial charge in [-0.25, -0.2) is 4.39 Å². The Balaban J connectivity index is 1.20. The summed E-state index contributed by atoms with van der Waals surface area (Å²) in [7, 11) is 0. The molecule has 1 saturated heterocycles. The van der Waals surface area contributed by atoms with Gasteiger partial charge in [0.1, 0.15) is 0 Å². The lowest BCUT2D eigenvalue weighted by atomic mass is 9.66. The predicted octanol–water partition coefficient (Wildman–Crippen LogP) is 8.60. The molecule has 4 heteroatoms. The van der Waals surface area contributed by atoms with E-state index in [1.807, 2.05) is 0 Å². The molecular weight excluding hydrogens is 430 g/mol. The molecule has 4 rings (SSSR count). The molecule has 1 aromatic carbocycles. The number of allylic oxidation sites excluding steroid dienone is 2. The molecule has 0 bridgehead atoms. The third-order valence-corrected chi connectivity index (χ3v) is 9.03. The van der Waals surface area contributed by atoms with Crippen molar-refractivity contribution in [2.24, 2.45) is 23.7 Å². The highest BCUT2D eigenvalue weighted by Gasteiger charge is 2.35. The number of hydrogen-bond donors (Lipinski definition) is 0. The summed E-state index contributed by atoms with van der Waals surface area (Å²) in [4.78, 5) is 0. The summed E-state index contributed by atoms with van der Waals surface area (Å²) in [5, 5.41) is 0. The van der Waals surface area contributed by atoms with Crippen LogP contribution in [0.4, 0.5) is 8.78 Å². The van der Waals surface area contributed by atoms with Gasteiger partial charge < -0.3 is 9.47 Å². The van der Waals surface area contributed by atoms with Gasteiger partial charge in [-0.2, -0.15) is 4.39 Å². The minimum atomic E-state index is -0.824. The van der Waals surface area contributed by atoms with Crippen LogP contribution in [0.25, 0.3) is 0 Å². The van der Waals surface area contributed by atoms with E-state index in [4.69, 9.17) is 9.47 Å². The van der Waals surface area contributed by atoms with Gasteiger partial charge in [0.05, 0.1) is 19.3 Å². The summed E-state index contributed by atoms with van der Waals surface area (Å²) in [5.41, 5.74) is 0.546. The molecule has 0 aromatic heterocycles. The van der Waals surface area contributed by atoms with Crippen molar-refractivity contribution in [3.05, 3.63) is 41.5 Å². The molecular formula is C30H44F2O2. The van der Waals surface area contributed by atoms with E-state index in [2.05, 4.69) is 19.1 Å². The Hall–Kier alpha value is -1.42. The fraction of sp³-hybridized carbons (Fsp3) is 0.733. The van der Waals surface area contributed by atoms with E-state index in [1.54, 1.807) is 19.1 Å². The number of hydrogen-bond acceptors (Lipinski definition) is 2. The molecule has 3 fully saturated rings. The second kappa shape index (κ2) is 12.5. The standard InChI is InChI=1S/C30H44F2O2/c1-3-5-6-7-26-17-16-25(20-34-26)23-10-8-21(9-11-23)22-12-14-24(15-13-22)27-18-19-28(33-4-2)30(32)29(27)31/h3,5,18-19,21-26H,4,6-17,20H2,1-2H3/b5-3+. The Morgan fingerprint density at radius 2 is 1.47 bits per heavy atom. The van der Waals surface area contributed by atoms with Crippen molar-refractivity contribution in [2.45, 2.75) is 103 Å². The van der Waals surface area contributed by atoms with Gasteiger partial charge in [0, 0.05) is 0 Å². The smallest absolute Gasteiger partial charge is 0.200 e. The molecule has 1 aliphatic heterocycles. The fourth-order valence-corrected chi connectivity index (χ4v) is 6.99. The quantitative estimate of drug-likeness (QED) is 0.351. The molecule has 0 N–H and O–H groups in total. The molecule has 1 aromatic rings. The topological polar surface area (TPSA) is 18.5 Å². The molecule has 190 valence electrons. The van der Waals surface area contributed by atoms with Crippen LogP contribution in [0.3, 0.4) is 0 Å². The summed E-state index contributed by atoms with van der Waals surface area (Å²) >= 11 is 0. The lowest BCUT2D eigenvalue weighted by molar-refractivity contribution is -0.0430. The van der Waals surface area contributed by atoms with Crippen LogP contribution >= 0.6 is 0 Å². The van der Waals surface area contributed by atoms with Gasteiger partial charge in [-0.15, -0.1) is 0 Å². The second-order valence-electron chi connectivity index (χ2n) is 10.9. The van der Waals surface area contributed by atoms with Crippen molar-refractivity contribution in [1.29, 1.82) is 0 Å². The molecule has 2 atom stereocenters. The maximum absolute atomic E-state index is 14.7. The Bertz CT molecular complexity index is 783. The summed E-state index contributed by atoms with van der Waals surface area (Å²) < 4.78 is 40.5. The van der Waals surface area contributed by atoms with Gasteiger partial charge in [-0.1, -0.05) is 18.2 Å². The third-order valence-electron chi connectivity index (χ3n) is 9.03. The first kappa shape index (κ1) is 25.7. The minimum absolute atomic E-state index is 0.0294. The third kappa shape index (κ3) is 6.22. The Morgan fingerprint density at radius 3 is 2.06 bits per heavy atom. The van der Waals surface area contributed by atoms with Gasteiger partial charge in [0.2, 0.25) is 5.82 Å². The van der Waals surface area contributed by atoms with E-state index in [9.17, 15) is 8.78 Å². The summed E-state index contributed by atoms with van der Waals surface area (Å²) in [6.45, 7) is 5.17. The van der Waals surface area contributed by atoms with Gasteiger partial charge in [0.25, 0.3) is 0 Å². The normalized spacial score (nSPS) is 32.7. The van der Waals surface area contributed by atoms with Crippen molar-refractivity contribution in [3.8, 4) is 5.75 Å². The molecule has 0 spiro atoms.